The third kappa shape index (κ3) is 4.78. The lowest BCUT2D eigenvalue weighted by molar-refractivity contribution is -0.675. The van der Waals surface area contributed by atoms with E-state index in [4.69, 9.17) is 0 Å². The molecule has 0 saturated heterocycles. The van der Waals surface area contributed by atoms with E-state index in [1.165, 1.54) is 16.0 Å². The Morgan fingerprint density at radius 3 is 2.64 bits per heavy atom. The Bertz CT molecular complexity index is 800. The highest BCUT2D eigenvalue weighted by atomic mass is 32.1. The molecule has 1 amide bonds. The molecule has 4 heteroatoms. The zero-order valence-electron chi connectivity index (χ0n) is 14.3. The minimum Gasteiger partial charge on any atom is -0.328 e. The molecule has 3 N–H and O–H groups in total. The van der Waals surface area contributed by atoms with Crippen molar-refractivity contribution in [1.29, 1.82) is 0 Å². The maximum absolute atomic E-state index is 12.4. The van der Waals surface area contributed by atoms with Crippen LogP contribution >= 0.6 is 11.3 Å². The van der Waals surface area contributed by atoms with Crippen molar-refractivity contribution in [1.82, 2.24) is 0 Å². The molecule has 1 atom stereocenters. The van der Waals surface area contributed by atoms with Gasteiger partial charge in [0.25, 0.3) is 5.91 Å². The van der Waals surface area contributed by atoms with Crippen molar-refractivity contribution in [2.24, 2.45) is 0 Å². The molecule has 0 aliphatic carbocycles. The predicted octanol–water partition coefficient (Wildman–Crippen LogP) is 3.60. The van der Waals surface area contributed by atoms with Gasteiger partial charge in [-0.3, -0.25) is 4.79 Å². The van der Waals surface area contributed by atoms with Crippen LogP contribution in [0.2, 0.25) is 0 Å². The molecule has 0 aliphatic rings. The second-order valence-electron chi connectivity index (χ2n) is 5.95. The SMILES string of the molecule is CCc1cccc(NC(=O)C[NH2+][C@H](c2ccccc2)c2cccs2)c1. The molecule has 3 rings (SSSR count). The minimum atomic E-state index is 0.0192. The van der Waals surface area contributed by atoms with Gasteiger partial charge < -0.3 is 10.6 Å². The van der Waals surface area contributed by atoms with Crippen molar-refractivity contribution in [2.75, 3.05) is 11.9 Å². The molecular weight excluding hydrogens is 328 g/mol. The summed E-state index contributed by atoms with van der Waals surface area (Å²) in [7, 11) is 0. The van der Waals surface area contributed by atoms with E-state index >= 15 is 0 Å². The Kier molecular flexibility index (Phi) is 5.99. The van der Waals surface area contributed by atoms with Crippen LogP contribution in [0.5, 0.6) is 0 Å². The molecular formula is C21H23N2OS+. The van der Waals surface area contributed by atoms with E-state index in [9.17, 15) is 4.79 Å². The first-order valence-electron chi connectivity index (χ1n) is 8.56. The Morgan fingerprint density at radius 2 is 1.92 bits per heavy atom. The summed E-state index contributed by atoms with van der Waals surface area (Å²) in [4.78, 5) is 13.6. The Balaban J connectivity index is 1.66. The number of carbonyl (C=O) groups excluding carboxylic acids is 1. The summed E-state index contributed by atoms with van der Waals surface area (Å²) < 4.78 is 0. The van der Waals surface area contributed by atoms with E-state index in [1.54, 1.807) is 11.3 Å². The zero-order chi connectivity index (χ0) is 17.5. The Labute approximate surface area is 152 Å². The summed E-state index contributed by atoms with van der Waals surface area (Å²) in [5, 5.41) is 7.18. The summed E-state index contributed by atoms with van der Waals surface area (Å²) in [6.07, 6.45) is 0.963. The van der Waals surface area contributed by atoms with Crippen molar-refractivity contribution >= 4 is 22.9 Å². The number of nitrogens with one attached hydrogen (secondary N) is 1. The van der Waals surface area contributed by atoms with Gasteiger partial charge in [0.2, 0.25) is 0 Å². The van der Waals surface area contributed by atoms with Crippen LogP contribution in [0.1, 0.15) is 29.0 Å². The number of thiophene rings is 1. The molecule has 2 aromatic carbocycles. The zero-order valence-corrected chi connectivity index (χ0v) is 15.1. The van der Waals surface area contributed by atoms with Crippen LogP contribution in [0, 0.1) is 0 Å². The minimum absolute atomic E-state index is 0.0192. The van der Waals surface area contributed by atoms with Crippen LogP contribution in [0.25, 0.3) is 0 Å². The number of hydrogen-bond donors (Lipinski definition) is 2. The van der Waals surface area contributed by atoms with Crippen LogP contribution in [-0.2, 0) is 11.2 Å². The number of aryl methyl sites for hydroxylation is 1. The second kappa shape index (κ2) is 8.60. The number of carbonyl (C=O) groups is 1. The van der Waals surface area contributed by atoms with Crippen molar-refractivity contribution < 1.29 is 10.1 Å². The van der Waals surface area contributed by atoms with E-state index in [-0.39, 0.29) is 11.9 Å². The smallest absolute Gasteiger partial charge is 0.279 e. The lowest BCUT2D eigenvalue weighted by Gasteiger charge is -2.15. The number of hydrogen-bond acceptors (Lipinski definition) is 2. The van der Waals surface area contributed by atoms with Crippen molar-refractivity contribution in [3.8, 4) is 0 Å². The first-order chi connectivity index (χ1) is 12.3. The molecule has 0 bridgehead atoms. The number of amides is 1. The molecule has 0 fully saturated rings. The van der Waals surface area contributed by atoms with Gasteiger partial charge in [-0.25, -0.2) is 0 Å². The van der Waals surface area contributed by atoms with Crippen molar-refractivity contribution in [3.05, 3.63) is 88.1 Å². The predicted molar refractivity (Wildman–Crippen MR) is 104 cm³/mol. The summed E-state index contributed by atoms with van der Waals surface area (Å²) in [6, 6.07) is 22.7. The highest BCUT2D eigenvalue weighted by Crippen LogP contribution is 2.22. The van der Waals surface area contributed by atoms with E-state index in [0.717, 1.165) is 12.1 Å². The molecule has 0 saturated carbocycles. The van der Waals surface area contributed by atoms with Crippen molar-refractivity contribution in [2.45, 2.75) is 19.4 Å². The highest BCUT2D eigenvalue weighted by molar-refractivity contribution is 7.10. The van der Waals surface area contributed by atoms with Gasteiger partial charge in [0.05, 0.1) is 4.88 Å². The van der Waals surface area contributed by atoms with Gasteiger partial charge in [-0.05, 0) is 35.6 Å². The van der Waals surface area contributed by atoms with Crippen LogP contribution in [-0.4, -0.2) is 12.5 Å². The van der Waals surface area contributed by atoms with Crippen molar-refractivity contribution in [3.63, 3.8) is 0 Å². The summed E-state index contributed by atoms with van der Waals surface area (Å²) in [5.41, 5.74) is 3.30. The van der Waals surface area contributed by atoms with E-state index in [1.807, 2.05) is 36.4 Å². The Morgan fingerprint density at radius 1 is 1.08 bits per heavy atom. The summed E-state index contributed by atoms with van der Waals surface area (Å²) >= 11 is 1.72. The highest BCUT2D eigenvalue weighted by Gasteiger charge is 2.19. The second-order valence-corrected chi connectivity index (χ2v) is 6.92. The first-order valence-corrected chi connectivity index (χ1v) is 9.44. The fourth-order valence-corrected chi connectivity index (χ4v) is 3.70. The molecule has 25 heavy (non-hydrogen) atoms. The lowest BCUT2D eigenvalue weighted by atomic mass is 10.1. The molecule has 0 aliphatic heterocycles. The normalized spacial score (nSPS) is 11.9. The van der Waals surface area contributed by atoms with Gasteiger partial charge in [0, 0.05) is 11.3 Å². The number of anilines is 1. The van der Waals surface area contributed by atoms with Crippen LogP contribution in [0.15, 0.2) is 72.1 Å². The van der Waals surface area contributed by atoms with Gasteiger partial charge in [-0.1, -0.05) is 55.5 Å². The monoisotopic (exact) mass is 351 g/mol. The quantitative estimate of drug-likeness (QED) is 0.671. The molecule has 1 aromatic heterocycles. The third-order valence-electron chi connectivity index (χ3n) is 4.17. The van der Waals surface area contributed by atoms with Crippen LogP contribution in [0.3, 0.4) is 0 Å². The molecule has 0 spiro atoms. The van der Waals surface area contributed by atoms with Gasteiger partial charge in [-0.2, -0.15) is 0 Å². The Hall–Kier alpha value is -2.43. The average molecular weight is 351 g/mol. The number of nitrogens with two attached hydrogens (primary N) is 1. The number of rotatable bonds is 7. The number of quaternary nitrogens is 1. The largest absolute Gasteiger partial charge is 0.328 e. The number of benzene rings is 2. The average Bonchev–Trinajstić information content (AvgIpc) is 3.17. The fourth-order valence-electron chi connectivity index (χ4n) is 2.85. The van der Waals surface area contributed by atoms with E-state index < -0.39 is 0 Å². The van der Waals surface area contributed by atoms with Gasteiger partial charge in [-0.15, -0.1) is 11.3 Å². The van der Waals surface area contributed by atoms with Crippen LogP contribution < -0.4 is 10.6 Å². The summed E-state index contributed by atoms with van der Waals surface area (Å²) in [5.74, 6) is 0.0192. The lowest BCUT2D eigenvalue weighted by Crippen LogP contribution is -2.87. The van der Waals surface area contributed by atoms with Gasteiger partial charge in [0.15, 0.2) is 6.54 Å². The van der Waals surface area contributed by atoms with Crippen LogP contribution in [0.4, 0.5) is 5.69 Å². The summed E-state index contributed by atoms with van der Waals surface area (Å²) in [6.45, 7) is 2.49. The fraction of sp³-hybridized carbons (Fsp3) is 0.190. The van der Waals surface area contributed by atoms with E-state index in [2.05, 4.69) is 53.3 Å². The standard InChI is InChI=1S/C21H22N2OS/c1-2-16-8-6-11-18(14-16)23-20(24)15-22-21(19-12-7-13-25-19)17-9-4-3-5-10-17/h3-14,21-22H,2,15H2,1H3,(H,23,24)/p+1/t21-/m1/s1. The molecule has 0 unspecified atom stereocenters. The molecule has 3 aromatic rings. The van der Waals surface area contributed by atoms with E-state index in [0.29, 0.717) is 6.54 Å². The van der Waals surface area contributed by atoms with Gasteiger partial charge in [0.1, 0.15) is 6.04 Å². The third-order valence-corrected chi connectivity index (χ3v) is 5.12. The molecule has 0 radical (unpaired) electrons. The maximum atomic E-state index is 12.4. The maximum Gasteiger partial charge on any atom is 0.279 e. The topological polar surface area (TPSA) is 45.7 Å². The molecule has 3 nitrogen and oxygen atoms in total. The first kappa shape index (κ1) is 17.4. The molecule has 128 valence electrons. The van der Waals surface area contributed by atoms with Gasteiger partial charge >= 0.3 is 0 Å². The molecule has 1 heterocycles.